The molecule has 0 spiro atoms. The van der Waals surface area contributed by atoms with Crippen LogP contribution in [0.25, 0.3) is 0 Å². The van der Waals surface area contributed by atoms with Gasteiger partial charge in [0.1, 0.15) is 5.75 Å². The van der Waals surface area contributed by atoms with Crippen molar-refractivity contribution in [3.05, 3.63) is 49.9 Å². The molecular formula is C20H25Br2O5P. The van der Waals surface area contributed by atoms with Crippen molar-refractivity contribution in [3.8, 4) is 17.2 Å². The molecule has 0 amide bonds. The zero-order valence-corrected chi connectivity index (χ0v) is 20.4. The first-order valence-corrected chi connectivity index (χ1v) is 12.3. The lowest BCUT2D eigenvalue weighted by atomic mass is 9.81. The molecule has 8 heteroatoms. The highest BCUT2D eigenvalue weighted by molar-refractivity contribution is 9.11. The molecule has 0 radical (unpaired) electrons. The van der Waals surface area contributed by atoms with Gasteiger partial charge >= 0.3 is 7.60 Å². The first-order chi connectivity index (χ1) is 12.9. The quantitative estimate of drug-likeness (QED) is 0.346. The van der Waals surface area contributed by atoms with Crippen LogP contribution in [0.1, 0.15) is 50.8 Å². The van der Waals surface area contributed by atoms with Gasteiger partial charge in [0.05, 0.1) is 10.6 Å². The molecule has 28 heavy (non-hydrogen) atoms. The average molecular weight is 536 g/mol. The van der Waals surface area contributed by atoms with E-state index < -0.39 is 7.60 Å². The van der Waals surface area contributed by atoms with Crippen LogP contribution >= 0.6 is 39.5 Å². The molecule has 2 aromatic rings. The molecule has 0 saturated carbocycles. The lowest BCUT2D eigenvalue weighted by molar-refractivity contribution is 0.371. The van der Waals surface area contributed by atoms with Crippen LogP contribution < -0.4 is 4.74 Å². The number of phenolic OH excluding ortho intramolecular Hbond substituents is 1. The second-order valence-corrected chi connectivity index (χ2v) is 10.6. The molecule has 0 unspecified atom stereocenters. The number of phenols is 1. The second kappa shape index (κ2) is 8.88. The van der Waals surface area contributed by atoms with Gasteiger partial charge < -0.3 is 19.6 Å². The van der Waals surface area contributed by atoms with Crippen molar-refractivity contribution < 1.29 is 24.2 Å². The third-order valence-electron chi connectivity index (χ3n) is 4.85. The van der Waals surface area contributed by atoms with Crippen LogP contribution in [0.2, 0.25) is 0 Å². The maximum absolute atomic E-state index is 11.1. The Morgan fingerprint density at radius 1 is 1.07 bits per heavy atom. The fourth-order valence-corrected chi connectivity index (χ4v) is 5.99. The molecule has 0 bridgehead atoms. The van der Waals surface area contributed by atoms with Crippen molar-refractivity contribution >= 4 is 39.5 Å². The Bertz CT molecular complexity index is 904. The molecule has 2 rings (SSSR count). The fourth-order valence-electron chi connectivity index (χ4n) is 2.92. The second-order valence-electron chi connectivity index (χ2n) is 7.32. The molecule has 0 aliphatic carbocycles. The smallest absolute Gasteiger partial charge is 0.329 e. The van der Waals surface area contributed by atoms with Crippen molar-refractivity contribution in [1.29, 1.82) is 0 Å². The van der Waals surface area contributed by atoms with Gasteiger partial charge in [-0.2, -0.15) is 0 Å². The molecule has 0 aliphatic heterocycles. The van der Waals surface area contributed by atoms with E-state index in [0.717, 1.165) is 22.0 Å². The van der Waals surface area contributed by atoms with Gasteiger partial charge in [0.2, 0.25) is 0 Å². The lowest BCUT2D eigenvalue weighted by Gasteiger charge is -2.29. The molecule has 0 heterocycles. The Morgan fingerprint density at radius 3 is 2.11 bits per heavy atom. The predicted molar refractivity (Wildman–Crippen MR) is 118 cm³/mol. The molecule has 5 nitrogen and oxygen atoms in total. The van der Waals surface area contributed by atoms with E-state index in [2.05, 4.69) is 52.6 Å². The summed E-state index contributed by atoms with van der Waals surface area (Å²) in [7, 11) is -4.12. The third-order valence-corrected chi connectivity index (χ3v) is 7.27. The molecule has 154 valence electrons. The van der Waals surface area contributed by atoms with Gasteiger partial charge in [0, 0.05) is 10.0 Å². The van der Waals surface area contributed by atoms with Crippen LogP contribution in [0.5, 0.6) is 17.2 Å². The monoisotopic (exact) mass is 534 g/mol. The fraction of sp³-hybridized carbons (Fsp3) is 0.400. The number of aromatic hydroxyl groups is 1. The zero-order valence-electron chi connectivity index (χ0n) is 16.3. The first kappa shape index (κ1) is 23.4. The molecule has 0 saturated heterocycles. The van der Waals surface area contributed by atoms with Gasteiger partial charge in [0.25, 0.3) is 0 Å². The molecule has 0 aliphatic rings. The third kappa shape index (κ3) is 5.19. The van der Waals surface area contributed by atoms with Crippen LogP contribution in [0.4, 0.5) is 0 Å². The number of rotatable bonds is 7. The summed E-state index contributed by atoms with van der Waals surface area (Å²) >= 11 is 7.24. The summed E-state index contributed by atoms with van der Waals surface area (Å²) in [5.74, 6) is 0.872. The maximum Gasteiger partial charge on any atom is 0.329 e. The van der Waals surface area contributed by atoms with E-state index in [4.69, 9.17) is 14.5 Å². The minimum Gasteiger partial charge on any atom is -0.503 e. The van der Waals surface area contributed by atoms with Crippen molar-refractivity contribution in [2.24, 2.45) is 0 Å². The van der Waals surface area contributed by atoms with Crippen LogP contribution in [0.15, 0.2) is 33.2 Å². The molecular weight excluding hydrogens is 511 g/mol. The van der Waals surface area contributed by atoms with E-state index in [9.17, 15) is 9.67 Å². The van der Waals surface area contributed by atoms with Crippen molar-refractivity contribution in [3.63, 3.8) is 0 Å². The predicted octanol–water partition coefficient (Wildman–Crippen LogP) is 6.64. The molecule has 2 aromatic carbocycles. The van der Waals surface area contributed by atoms with E-state index in [1.54, 1.807) is 24.3 Å². The van der Waals surface area contributed by atoms with E-state index >= 15 is 0 Å². The molecule has 0 atom stereocenters. The minimum absolute atomic E-state index is 0.0378. The summed E-state index contributed by atoms with van der Waals surface area (Å²) in [6, 6.07) is 6.48. The normalized spacial score (nSPS) is 12.3. The number of ether oxygens (including phenoxy) is 1. The maximum atomic E-state index is 11.1. The SMILES string of the molecule is CCc1c(Br)c(C(C)(C)CC)c(Br)c(O)c1Oc1ccc(CP(=O)(O)O)cc1. The number of halogens is 2. The Balaban J connectivity index is 2.48. The first-order valence-electron chi connectivity index (χ1n) is 8.95. The summed E-state index contributed by atoms with van der Waals surface area (Å²) in [4.78, 5) is 18.2. The highest BCUT2D eigenvalue weighted by atomic mass is 79.9. The molecule has 0 aromatic heterocycles. The van der Waals surface area contributed by atoms with Crippen LogP contribution in [0.3, 0.4) is 0 Å². The topological polar surface area (TPSA) is 87.0 Å². The zero-order chi connectivity index (χ0) is 21.3. The molecule has 0 fully saturated rings. The Morgan fingerprint density at radius 2 is 1.64 bits per heavy atom. The van der Waals surface area contributed by atoms with Crippen LogP contribution in [-0.2, 0) is 22.6 Å². The lowest BCUT2D eigenvalue weighted by Crippen LogP contribution is -2.18. The van der Waals surface area contributed by atoms with Gasteiger partial charge in [-0.05, 0) is 57.4 Å². The standard InChI is InChI=1S/C20H25Br2O5P/c1-5-14-16(21)15(20(3,4)6-2)17(22)18(23)19(14)27-13-9-7-12(8-10-13)11-28(24,25)26/h7-10,23H,5-6,11H2,1-4H3,(H2,24,25,26). The molecule has 3 N–H and O–H groups in total. The van der Waals surface area contributed by atoms with Gasteiger partial charge in [-0.15, -0.1) is 0 Å². The van der Waals surface area contributed by atoms with Crippen LogP contribution in [-0.4, -0.2) is 14.9 Å². The summed E-state index contributed by atoms with van der Waals surface area (Å²) in [5, 5.41) is 10.8. The summed E-state index contributed by atoms with van der Waals surface area (Å²) in [5.41, 5.74) is 2.22. The average Bonchev–Trinajstić information content (AvgIpc) is 2.60. The van der Waals surface area contributed by atoms with E-state index in [1.165, 1.54) is 0 Å². The Labute approximate surface area is 182 Å². The number of hydrogen-bond donors (Lipinski definition) is 3. The number of benzene rings is 2. The number of hydrogen-bond acceptors (Lipinski definition) is 3. The summed E-state index contributed by atoms with van der Waals surface area (Å²) in [6.07, 6.45) is 1.23. The van der Waals surface area contributed by atoms with E-state index in [1.807, 2.05) is 6.92 Å². The van der Waals surface area contributed by atoms with Gasteiger partial charge in [-0.1, -0.05) is 55.8 Å². The minimum atomic E-state index is -4.12. The van der Waals surface area contributed by atoms with Gasteiger partial charge in [0.15, 0.2) is 11.5 Å². The highest BCUT2D eigenvalue weighted by Crippen LogP contribution is 2.51. The van der Waals surface area contributed by atoms with Crippen molar-refractivity contribution in [2.75, 3.05) is 0 Å². The highest BCUT2D eigenvalue weighted by Gasteiger charge is 2.30. The van der Waals surface area contributed by atoms with Crippen molar-refractivity contribution in [1.82, 2.24) is 0 Å². The van der Waals surface area contributed by atoms with Gasteiger partial charge in [-0.3, -0.25) is 4.57 Å². The summed E-state index contributed by atoms with van der Waals surface area (Å²) < 4.78 is 18.6. The van der Waals surface area contributed by atoms with Crippen LogP contribution in [0, 0.1) is 0 Å². The Hall–Kier alpha value is -0.850. The Kier molecular flexibility index (Phi) is 7.43. The van der Waals surface area contributed by atoms with Gasteiger partial charge in [-0.25, -0.2) is 0 Å². The largest absolute Gasteiger partial charge is 0.503 e. The van der Waals surface area contributed by atoms with Crippen molar-refractivity contribution in [2.45, 2.75) is 52.1 Å². The van der Waals surface area contributed by atoms with E-state index in [-0.39, 0.29) is 17.3 Å². The summed E-state index contributed by atoms with van der Waals surface area (Å²) in [6.45, 7) is 8.34. The van der Waals surface area contributed by atoms with E-state index in [0.29, 0.717) is 28.0 Å².